The highest BCUT2D eigenvalue weighted by molar-refractivity contribution is 7.89. The predicted octanol–water partition coefficient (Wildman–Crippen LogP) is 2.68. The summed E-state index contributed by atoms with van der Waals surface area (Å²) in [7, 11) is -3.95. The molecule has 0 aromatic heterocycles. The number of aliphatic hydroxyl groups excluding tert-OH is 1. The quantitative estimate of drug-likeness (QED) is 0.223. The summed E-state index contributed by atoms with van der Waals surface area (Å²) in [4.78, 5) is 12.9. The molecule has 0 radical (unpaired) electrons. The number of rotatable bonds is 14. The van der Waals surface area contributed by atoms with Gasteiger partial charge in [-0.3, -0.25) is 0 Å². The molecule has 8 nitrogen and oxygen atoms in total. The second-order valence-corrected chi connectivity index (χ2v) is 10.8. The van der Waals surface area contributed by atoms with Crippen LogP contribution in [0.15, 0.2) is 71.6 Å². The molecule has 0 aliphatic rings. The molecule has 0 heterocycles. The Bertz CT molecular complexity index is 1350. The molecule has 5 N–H and O–H groups in total. The monoisotopic (exact) mass is 561 g/mol. The van der Waals surface area contributed by atoms with Gasteiger partial charge in [0.15, 0.2) is 0 Å². The highest BCUT2D eigenvalue weighted by Crippen LogP contribution is 2.16. The Balaban J connectivity index is 1.77. The van der Waals surface area contributed by atoms with Crippen molar-refractivity contribution in [3.63, 3.8) is 0 Å². The summed E-state index contributed by atoms with van der Waals surface area (Å²) in [6, 6.07) is 15.5. The summed E-state index contributed by atoms with van der Waals surface area (Å²) in [5, 5.41) is 12.1. The first kappa shape index (κ1) is 30.3. The van der Waals surface area contributed by atoms with Crippen molar-refractivity contribution in [3.8, 4) is 0 Å². The van der Waals surface area contributed by atoms with Gasteiger partial charge in [0, 0.05) is 31.7 Å². The van der Waals surface area contributed by atoms with Crippen molar-refractivity contribution >= 4 is 16.0 Å². The van der Waals surface area contributed by atoms with Crippen LogP contribution in [0.25, 0.3) is 0 Å². The van der Waals surface area contributed by atoms with Gasteiger partial charge in [-0.05, 0) is 59.9 Å². The Morgan fingerprint density at radius 3 is 2.38 bits per heavy atom. The lowest BCUT2D eigenvalue weighted by Gasteiger charge is -2.25. The second kappa shape index (κ2) is 14.2. The molecule has 3 rings (SSSR count). The standard InChI is InChI=1S/C28H33F2N3O5S/c1-2-19-5-3-6-20(11-19)17-32-18-27(26(31)14-21-12-23(29)16-24(30)13-21)38-28(35)22-7-4-8-25(15-22)39(36,37)33-9-10-34/h3-8,11-13,15-16,26-27,32-34H,2,9-10,14,17-18,31H2,1H3/t26-,27+/m0/s1. The Labute approximate surface area is 227 Å². The van der Waals surface area contributed by atoms with Crippen LogP contribution >= 0.6 is 0 Å². The van der Waals surface area contributed by atoms with Crippen LogP contribution in [-0.2, 0) is 34.1 Å². The molecule has 0 unspecified atom stereocenters. The van der Waals surface area contributed by atoms with E-state index in [-0.39, 0.29) is 36.6 Å². The molecule has 0 aliphatic heterocycles. The van der Waals surface area contributed by atoms with Gasteiger partial charge in [0.25, 0.3) is 0 Å². The second-order valence-electron chi connectivity index (χ2n) is 9.04. The van der Waals surface area contributed by atoms with Crippen LogP contribution in [0.5, 0.6) is 0 Å². The number of hydrogen-bond acceptors (Lipinski definition) is 7. The maximum Gasteiger partial charge on any atom is 0.338 e. The van der Waals surface area contributed by atoms with Crippen molar-refractivity contribution in [3.05, 3.63) is 101 Å². The number of halogens is 2. The number of carbonyl (C=O) groups is 1. The van der Waals surface area contributed by atoms with Gasteiger partial charge in [0.1, 0.15) is 17.7 Å². The van der Waals surface area contributed by atoms with Gasteiger partial charge in [0.05, 0.1) is 17.1 Å². The van der Waals surface area contributed by atoms with Crippen molar-refractivity contribution < 1.29 is 31.8 Å². The Kier molecular flexibility index (Phi) is 11.1. The van der Waals surface area contributed by atoms with E-state index in [9.17, 15) is 22.0 Å². The van der Waals surface area contributed by atoms with Gasteiger partial charge in [-0.2, -0.15) is 0 Å². The maximum atomic E-state index is 13.7. The Morgan fingerprint density at radius 2 is 1.69 bits per heavy atom. The third-order valence-corrected chi connectivity index (χ3v) is 7.45. The molecule has 0 bridgehead atoms. The fourth-order valence-corrected chi connectivity index (χ4v) is 5.06. The molecule has 210 valence electrons. The van der Waals surface area contributed by atoms with Gasteiger partial charge in [-0.25, -0.2) is 26.7 Å². The third-order valence-electron chi connectivity index (χ3n) is 5.99. The minimum Gasteiger partial charge on any atom is -0.456 e. The zero-order valence-electron chi connectivity index (χ0n) is 21.6. The molecule has 2 atom stereocenters. The Hall–Kier alpha value is -3.22. The van der Waals surface area contributed by atoms with Crippen molar-refractivity contribution in [1.29, 1.82) is 0 Å². The average molecular weight is 562 g/mol. The normalized spacial score (nSPS) is 13.2. The van der Waals surface area contributed by atoms with E-state index in [0.29, 0.717) is 12.1 Å². The van der Waals surface area contributed by atoms with Gasteiger partial charge in [0.2, 0.25) is 10.0 Å². The highest BCUT2D eigenvalue weighted by Gasteiger charge is 2.25. The van der Waals surface area contributed by atoms with Crippen LogP contribution in [0, 0.1) is 11.6 Å². The first-order chi connectivity index (χ1) is 18.6. The van der Waals surface area contributed by atoms with Gasteiger partial charge in [-0.1, -0.05) is 37.3 Å². The van der Waals surface area contributed by atoms with Crippen LogP contribution < -0.4 is 15.8 Å². The highest BCUT2D eigenvalue weighted by atomic mass is 32.2. The summed E-state index contributed by atoms with van der Waals surface area (Å²) in [6.45, 7) is 2.09. The number of sulfonamides is 1. The van der Waals surface area contributed by atoms with Crippen LogP contribution in [0.2, 0.25) is 0 Å². The van der Waals surface area contributed by atoms with Crippen molar-refractivity contribution in [2.45, 2.75) is 43.4 Å². The van der Waals surface area contributed by atoms with Crippen LogP contribution in [0.3, 0.4) is 0 Å². The van der Waals surface area contributed by atoms with Crippen molar-refractivity contribution in [1.82, 2.24) is 10.0 Å². The number of aliphatic hydroxyl groups is 1. The minimum absolute atomic E-state index is 0.0217. The van der Waals surface area contributed by atoms with E-state index < -0.39 is 39.8 Å². The largest absolute Gasteiger partial charge is 0.456 e. The van der Waals surface area contributed by atoms with Crippen LogP contribution in [0.1, 0.15) is 34.0 Å². The predicted molar refractivity (Wildman–Crippen MR) is 143 cm³/mol. The molecule has 11 heteroatoms. The number of nitrogens with one attached hydrogen (secondary N) is 2. The molecule has 39 heavy (non-hydrogen) atoms. The molecule has 3 aromatic rings. The maximum absolute atomic E-state index is 13.7. The molecule has 3 aromatic carbocycles. The SMILES string of the molecule is CCc1cccc(CNC[C@@H](OC(=O)c2cccc(S(=O)(=O)NCCO)c2)[C@@H](N)Cc2cc(F)cc(F)c2)c1. The molecule has 0 amide bonds. The van der Waals surface area contributed by atoms with E-state index in [1.54, 1.807) is 0 Å². The lowest BCUT2D eigenvalue weighted by molar-refractivity contribution is 0.0238. The van der Waals surface area contributed by atoms with Gasteiger partial charge >= 0.3 is 5.97 Å². The summed E-state index contributed by atoms with van der Waals surface area (Å²) < 4.78 is 60.2. The summed E-state index contributed by atoms with van der Waals surface area (Å²) in [6.07, 6.45) is -0.00184. The molecule has 0 fully saturated rings. The lowest BCUT2D eigenvalue weighted by atomic mass is 10.0. The summed E-state index contributed by atoms with van der Waals surface area (Å²) in [5.74, 6) is -2.30. The number of hydrogen-bond donors (Lipinski definition) is 4. The number of benzene rings is 3. The van der Waals surface area contributed by atoms with E-state index in [1.807, 2.05) is 18.2 Å². The molecular weight excluding hydrogens is 528 g/mol. The molecular formula is C28H33F2N3O5S. The van der Waals surface area contributed by atoms with Crippen LogP contribution in [-0.4, -0.2) is 51.3 Å². The number of esters is 1. The van der Waals surface area contributed by atoms with E-state index >= 15 is 0 Å². The van der Waals surface area contributed by atoms with Crippen molar-refractivity contribution in [2.75, 3.05) is 19.7 Å². The van der Waals surface area contributed by atoms with E-state index in [4.69, 9.17) is 15.6 Å². The average Bonchev–Trinajstić information content (AvgIpc) is 2.91. The van der Waals surface area contributed by atoms with Crippen molar-refractivity contribution in [2.24, 2.45) is 5.73 Å². The first-order valence-electron chi connectivity index (χ1n) is 12.5. The molecule has 0 saturated heterocycles. The molecule has 0 saturated carbocycles. The zero-order chi connectivity index (χ0) is 28.4. The topological polar surface area (TPSA) is 131 Å². The number of aryl methyl sites for hydroxylation is 1. The minimum atomic E-state index is -3.95. The van der Waals surface area contributed by atoms with Crippen LogP contribution in [0.4, 0.5) is 8.78 Å². The fraction of sp³-hybridized carbons (Fsp3) is 0.321. The van der Waals surface area contributed by atoms with E-state index in [1.165, 1.54) is 35.9 Å². The van der Waals surface area contributed by atoms with E-state index in [0.717, 1.165) is 24.1 Å². The number of ether oxygens (including phenoxy) is 1. The zero-order valence-corrected chi connectivity index (χ0v) is 22.4. The van der Waals surface area contributed by atoms with Gasteiger partial charge in [-0.15, -0.1) is 0 Å². The first-order valence-corrected chi connectivity index (χ1v) is 14.0. The lowest BCUT2D eigenvalue weighted by Crippen LogP contribution is -2.46. The Morgan fingerprint density at radius 1 is 1.00 bits per heavy atom. The molecule has 0 spiro atoms. The number of carbonyl (C=O) groups excluding carboxylic acids is 1. The van der Waals surface area contributed by atoms with Gasteiger partial charge < -0.3 is 20.9 Å². The number of nitrogens with two attached hydrogens (primary N) is 1. The summed E-state index contributed by atoms with van der Waals surface area (Å²) in [5.41, 5.74) is 8.84. The smallest absolute Gasteiger partial charge is 0.338 e. The van der Waals surface area contributed by atoms with E-state index in [2.05, 4.69) is 23.0 Å². The fourth-order valence-electron chi connectivity index (χ4n) is 3.99. The molecule has 0 aliphatic carbocycles. The third kappa shape index (κ3) is 9.19. The summed E-state index contributed by atoms with van der Waals surface area (Å²) >= 11 is 0.